The zero-order valence-corrected chi connectivity index (χ0v) is 29.6. The fraction of sp³-hybridized carbons (Fsp3) is 0.400. The van der Waals surface area contributed by atoms with E-state index < -0.39 is 12.0 Å². The number of hydrogen-bond acceptors (Lipinski definition) is 9. The molecule has 2 aliphatic carbocycles. The van der Waals surface area contributed by atoms with Gasteiger partial charge in [-0.25, -0.2) is 9.97 Å². The van der Waals surface area contributed by atoms with Gasteiger partial charge in [0.05, 0.1) is 43.4 Å². The van der Waals surface area contributed by atoms with E-state index in [0.29, 0.717) is 11.8 Å². The van der Waals surface area contributed by atoms with E-state index in [1.165, 1.54) is 5.56 Å². The number of carbonyl (C=O) groups is 2. The average Bonchev–Trinajstić information content (AvgIpc) is 4.07. The molecule has 2 fully saturated rings. The van der Waals surface area contributed by atoms with Gasteiger partial charge in [0.1, 0.15) is 0 Å². The highest BCUT2D eigenvalue weighted by molar-refractivity contribution is 5.83. The summed E-state index contributed by atoms with van der Waals surface area (Å²) in [6.45, 7) is 7.51. The normalized spacial score (nSPS) is 19.7. The van der Waals surface area contributed by atoms with Crippen molar-refractivity contribution in [2.75, 3.05) is 13.2 Å². The molecule has 0 saturated heterocycles. The van der Waals surface area contributed by atoms with E-state index in [2.05, 4.69) is 27.4 Å². The first-order valence-corrected chi connectivity index (χ1v) is 17.4. The molecule has 0 spiro atoms. The number of ether oxygens (including phenoxy) is 2. The van der Waals surface area contributed by atoms with E-state index in [9.17, 15) is 14.7 Å². The van der Waals surface area contributed by atoms with Gasteiger partial charge in [0.2, 0.25) is 17.7 Å². The summed E-state index contributed by atoms with van der Waals surface area (Å²) in [5.41, 5.74) is 9.54. The number of nitrogens with zero attached hydrogens (tertiary/aromatic N) is 2. The number of aliphatic hydroxyl groups excluding tert-OH is 2. The Bertz CT molecular complexity index is 1640. The minimum atomic E-state index is -0.663. The van der Waals surface area contributed by atoms with Gasteiger partial charge >= 0.3 is 5.97 Å². The van der Waals surface area contributed by atoms with Crippen LogP contribution in [0.5, 0.6) is 11.8 Å². The number of nitrogens with two attached hydrogens (primary N) is 1. The highest BCUT2D eigenvalue weighted by atomic mass is 16.5. The van der Waals surface area contributed by atoms with Gasteiger partial charge in [0, 0.05) is 30.4 Å². The van der Waals surface area contributed by atoms with Gasteiger partial charge in [-0.05, 0) is 80.7 Å². The summed E-state index contributed by atoms with van der Waals surface area (Å²) in [6.07, 6.45) is 5.09. The average molecular weight is 699 g/mol. The lowest BCUT2D eigenvalue weighted by Gasteiger charge is -2.17. The molecular formula is C40H50N4O7. The topological polar surface area (TPSA) is 177 Å². The SMILES string of the molecule is CC(C)Oc1ccc([C@@H](N)CO)cn1.CC(C)Oc1ccc([C@H](CO)NC(=O)[C@H]2C[C@@H]2c2ccccc2)cn1.O=C(O)[C@H]1C[C@@H]1c1ccccc1. The van der Waals surface area contributed by atoms with Crippen molar-refractivity contribution in [2.45, 2.75) is 76.7 Å². The Labute approximate surface area is 299 Å². The Hall–Kier alpha value is -4.84. The molecule has 0 unspecified atom stereocenters. The smallest absolute Gasteiger partial charge is 0.307 e. The monoisotopic (exact) mass is 698 g/mol. The van der Waals surface area contributed by atoms with E-state index in [1.807, 2.05) is 88.4 Å². The van der Waals surface area contributed by atoms with E-state index in [1.54, 1.807) is 24.5 Å². The Kier molecular flexibility index (Phi) is 14.5. The Balaban J connectivity index is 0.000000189. The van der Waals surface area contributed by atoms with Crippen LogP contribution >= 0.6 is 0 Å². The molecule has 2 aromatic heterocycles. The molecule has 0 aliphatic heterocycles. The summed E-state index contributed by atoms with van der Waals surface area (Å²) in [5, 5.41) is 30.1. The third-order valence-corrected chi connectivity index (χ3v) is 8.45. The van der Waals surface area contributed by atoms with Crippen LogP contribution in [0.3, 0.4) is 0 Å². The van der Waals surface area contributed by atoms with Crippen LogP contribution in [0.15, 0.2) is 97.3 Å². The fourth-order valence-electron chi connectivity index (χ4n) is 5.54. The van der Waals surface area contributed by atoms with E-state index >= 15 is 0 Å². The molecule has 0 bridgehead atoms. The fourth-order valence-corrected chi connectivity index (χ4v) is 5.54. The van der Waals surface area contributed by atoms with Gasteiger partial charge < -0.3 is 35.8 Å². The van der Waals surface area contributed by atoms with Crippen LogP contribution in [0.4, 0.5) is 0 Å². The third kappa shape index (κ3) is 12.2. The first-order chi connectivity index (χ1) is 24.5. The minimum Gasteiger partial charge on any atom is -0.481 e. The van der Waals surface area contributed by atoms with Crippen LogP contribution in [-0.4, -0.2) is 62.6 Å². The zero-order valence-electron chi connectivity index (χ0n) is 29.6. The maximum Gasteiger partial charge on any atom is 0.307 e. The second-order valence-corrected chi connectivity index (χ2v) is 13.3. The minimum absolute atomic E-state index is 0.0181. The van der Waals surface area contributed by atoms with Crippen molar-refractivity contribution < 1.29 is 34.4 Å². The number of aliphatic carboxylic acids is 1. The predicted octanol–water partition coefficient (Wildman–Crippen LogP) is 5.56. The van der Waals surface area contributed by atoms with Gasteiger partial charge in [-0.15, -0.1) is 0 Å². The van der Waals surface area contributed by atoms with Crippen LogP contribution in [0.2, 0.25) is 0 Å². The highest BCUT2D eigenvalue weighted by Crippen LogP contribution is 2.48. The number of hydrogen-bond donors (Lipinski definition) is 5. The van der Waals surface area contributed by atoms with Crippen molar-refractivity contribution in [3.05, 3.63) is 120 Å². The maximum atomic E-state index is 12.5. The number of pyridine rings is 2. The number of carbonyl (C=O) groups excluding carboxylic acids is 1. The van der Waals surface area contributed by atoms with Crippen LogP contribution in [0.25, 0.3) is 0 Å². The summed E-state index contributed by atoms with van der Waals surface area (Å²) in [7, 11) is 0. The number of aromatic nitrogens is 2. The lowest BCUT2D eigenvalue weighted by molar-refractivity contribution is -0.138. The number of aliphatic hydroxyl groups is 2. The van der Waals surface area contributed by atoms with Crippen LogP contribution in [0.1, 0.15) is 86.7 Å². The van der Waals surface area contributed by atoms with Gasteiger partial charge in [-0.2, -0.15) is 0 Å². The van der Waals surface area contributed by atoms with Gasteiger partial charge in [-0.1, -0.05) is 66.7 Å². The van der Waals surface area contributed by atoms with Crippen molar-refractivity contribution in [3.8, 4) is 11.8 Å². The van der Waals surface area contributed by atoms with Crippen molar-refractivity contribution in [1.29, 1.82) is 0 Å². The summed E-state index contributed by atoms with van der Waals surface area (Å²) in [6, 6.07) is 26.2. The number of nitrogens with one attached hydrogen (secondary N) is 1. The van der Waals surface area contributed by atoms with Crippen molar-refractivity contribution in [1.82, 2.24) is 15.3 Å². The molecule has 272 valence electrons. The number of amides is 1. The molecule has 6 atom stereocenters. The predicted molar refractivity (Wildman–Crippen MR) is 194 cm³/mol. The molecular weight excluding hydrogens is 648 g/mol. The molecule has 11 nitrogen and oxygen atoms in total. The van der Waals surface area contributed by atoms with Crippen molar-refractivity contribution in [3.63, 3.8) is 0 Å². The lowest BCUT2D eigenvalue weighted by atomic mass is 10.1. The number of rotatable bonds is 13. The quantitative estimate of drug-likeness (QED) is 0.119. The number of carboxylic acids is 1. The second-order valence-electron chi connectivity index (χ2n) is 13.3. The van der Waals surface area contributed by atoms with E-state index in [4.69, 9.17) is 25.4 Å². The Morgan fingerprint density at radius 1 is 0.725 bits per heavy atom. The van der Waals surface area contributed by atoms with E-state index in [-0.39, 0.29) is 61.0 Å². The first-order valence-electron chi connectivity index (χ1n) is 17.4. The molecule has 4 aromatic rings. The zero-order chi connectivity index (χ0) is 36.9. The molecule has 51 heavy (non-hydrogen) atoms. The molecule has 2 heterocycles. The maximum absolute atomic E-state index is 12.5. The van der Waals surface area contributed by atoms with Crippen molar-refractivity contribution in [2.24, 2.45) is 17.6 Å². The second kappa shape index (κ2) is 19.0. The third-order valence-electron chi connectivity index (χ3n) is 8.45. The largest absolute Gasteiger partial charge is 0.481 e. The van der Waals surface area contributed by atoms with E-state index in [0.717, 1.165) is 29.5 Å². The summed E-state index contributed by atoms with van der Waals surface area (Å²) in [5.74, 6) is 0.825. The molecule has 2 aromatic carbocycles. The molecule has 2 aliphatic rings. The summed E-state index contributed by atoms with van der Waals surface area (Å²) < 4.78 is 10.9. The first kappa shape index (κ1) is 39.0. The summed E-state index contributed by atoms with van der Waals surface area (Å²) >= 11 is 0. The molecule has 0 radical (unpaired) electrons. The Morgan fingerprint density at radius 3 is 1.59 bits per heavy atom. The number of carboxylic acid groups (broad SMARTS) is 1. The highest BCUT2D eigenvalue weighted by Gasteiger charge is 2.45. The molecule has 6 rings (SSSR count). The van der Waals surface area contributed by atoms with Crippen LogP contribution in [-0.2, 0) is 9.59 Å². The van der Waals surface area contributed by atoms with Gasteiger partial charge in [-0.3, -0.25) is 9.59 Å². The summed E-state index contributed by atoms with van der Waals surface area (Å²) in [4.78, 5) is 31.3. The van der Waals surface area contributed by atoms with Crippen LogP contribution < -0.4 is 20.5 Å². The van der Waals surface area contributed by atoms with Crippen molar-refractivity contribution >= 4 is 11.9 Å². The lowest BCUT2D eigenvalue weighted by Crippen LogP contribution is -2.32. The Morgan fingerprint density at radius 2 is 1.20 bits per heavy atom. The van der Waals surface area contributed by atoms with Gasteiger partial charge in [0.25, 0.3) is 0 Å². The molecule has 6 N–H and O–H groups in total. The van der Waals surface area contributed by atoms with Crippen LogP contribution in [0, 0.1) is 11.8 Å². The molecule has 1 amide bonds. The standard InChI is InChI=1S/C20H24N2O3.C10H16N2O2.C10H10O2/c1-13(2)25-19-9-8-15(11-21-19)18(12-23)22-20(24)17-10-16(17)14-6-4-3-5-7-14;1-7(2)14-10-4-3-8(5-12-10)9(11)6-13;11-10(12)9-6-8(9)7-4-2-1-3-5-7/h3-9,11,13,16-18,23H,10,12H2,1-2H3,(H,22,24);3-5,7,9,13H,6,11H2,1-2H3;1-5,8-9H,6H2,(H,11,12)/t16-,17+,18+;9-;8-,9+/m101/s1. The molecule has 11 heteroatoms. The van der Waals surface area contributed by atoms with Gasteiger partial charge in [0.15, 0.2) is 0 Å². The molecule has 2 saturated carbocycles. The number of benzene rings is 2.